The first-order valence-corrected chi connectivity index (χ1v) is 3.72. The standard InChI is InChI=1S/C3H6O.C2Cl3F3/c1-3(2)4;3-1(4,5)2(6,7)8/h1-2H3;. The molecule has 1 nitrogen and oxygen atoms in total. The number of halogens is 6. The summed E-state index contributed by atoms with van der Waals surface area (Å²) in [6.45, 7) is 3.06. The molecule has 0 heterocycles. The Morgan fingerprint density at radius 2 is 1.17 bits per heavy atom. The van der Waals surface area contributed by atoms with E-state index in [1.54, 1.807) is 0 Å². The molecule has 0 aromatic carbocycles. The fourth-order valence-corrected chi connectivity index (χ4v) is 0. The van der Waals surface area contributed by atoms with Crippen molar-refractivity contribution in [3.05, 3.63) is 0 Å². The minimum atomic E-state index is -4.77. The van der Waals surface area contributed by atoms with E-state index in [0.29, 0.717) is 0 Å². The van der Waals surface area contributed by atoms with Crippen molar-refractivity contribution in [1.82, 2.24) is 0 Å². The third-order valence-electron chi connectivity index (χ3n) is 0.321. The summed E-state index contributed by atoms with van der Waals surface area (Å²) in [6, 6.07) is 0. The maximum Gasteiger partial charge on any atom is 0.435 e. The van der Waals surface area contributed by atoms with Crippen LogP contribution in [0.2, 0.25) is 0 Å². The Morgan fingerprint density at radius 1 is 1.08 bits per heavy atom. The van der Waals surface area contributed by atoms with E-state index < -0.39 is 9.97 Å². The Kier molecular flexibility index (Phi) is 6.36. The van der Waals surface area contributed by atoms with E-state index in [-0.39, 0.29) is 5.78 Å². The van der Waals surface area contributed by atoms with Crippen LogP contribution < -0.4 is 0 Å². The van der Waals surface area contributed by atoms with Crippen molar-refractivity contribution >= 4 is 40.6 Å². The van der Waals surface area contributed by atoms with Crippen LogP contribution in [0.1, 0.15) is 13.8 Å². The zero-order chi connectivity index (χ0) is 10.6. The molecule has 0 N–H and O–H groups in total. The minimum absolute atomic E-state index is 0.167. The highest BCUT2D eigenvalue weighted by Crippen LogP contribution is 2.42. The lowest BCUT2D eigenvalue weighted by molar-refractivity contribution is -0.124. The fourth-order valence-electron chi connectivity index (χ4n) is 0. The zero-order valence-corrected chi connectivity index (χ0v) is 8.44. The van der Waals surface area contributed by atoms with Gasteiger partial charge in [0, 0.05) is 0 Å². The predicted octanol–water partition coefficient (Wildman–Crippen LogP) is 3.51. The van der Waals surface area contributed by atoms with Gasteiger partial charge in [0.05, 0.1) is 0 Å². The topological polar surface area (TPSA) is 17.1 Å². The largest absolute Gasteiger partial charge is 0.435 e. The molecule has 0 amide bonds. The summed E-state index contributed by atoms with van der Waals surface area (Å²) in [4.78, 5) is 9.44. The summed E-state index contributed by atoms with van der Waals surface area (Å²) >= 11 is 13.2. The number of hydrogen-bond donors (Lipinski definition) is 0. The van der Waals surface area contributed by atoms with Crippen molar-refractivity contribution in [2.24, 2.45) is 0 Å². The summed E-state index contributed by atoms with van der Waals surface area (Å²) in [7, 11) is 0. The molecule has 0 aromatic heterocycles. The first-order chi connectivity index (χ1) is 4.98. The maximum absolute atomic E-state index is 11.2. The van der Waals surface area contributed by atoms with E-state index in [4.69, 9.17) is 0 Å². The molecule has 74 valence electrons. The van der Waals surface area contributed by atoms with Gasteiger partial charge in [-0.05, 0) is 13.8 Å². The van der Waals surface area contributed by atoms with Gasteiger partial charge in [-0.2, -0.15) is 13.2 Å². The minimum Gasteiger partial charge on any atom is -0.300 e. The van der Waals surface area contributed by atoms with Crippen LogP contribution in [0.5, 0.6) is 0 Å². The number of ketones is 1. The number of carbonyl (C=O) groups excluding carboxylic acids is 1. The van der Waals surface area contributed by atoms with E-state index in [1.165, 1.54) is 13.8 Å². The lowest BCUT2D eigenvalue weighted by Crippen LogP contribution is -2.27. The molecule has 0 aromatic rings. The van der Waals surface area contributed by atoms with Crippen LogP contribution in [0.3, 0.4) is 0 Å². The zero-order valence-electron chi connectivity index (χ0n) is 6.18. The van der Waals surface area contributed by atoms with Crippen LogP contribution in [-0.4, -0.2) is 15.8 Å². The third-order valence-corrected chi connectivity index (χ3v) is 0.964. The quantitative estimate of drug-likeness (QED) is 0.597. The third kappa shape index (κ3) is 10.3. The van der Waals surface area contributed by atoms with Crippen molar-refractivity contribution < 1.29 is 18.0 Å². The normalized spacial score (nSPS) is 11.7. The Bertz CT molecular complexity index is 133. The lowest BCUT2D eigenvalue weighted by atomic mass is 10.6. The van der Waals surface area contributed by atoms with E-state index in [9.17, 15) is 18.0 Å². The van der Waals surface area contributed by atoms with Crippen LogP contribution in [0.4, 0.5) is 13.2 Å². The van der Waals surface area contributed by atoms with Crippen molar-refractivity contribution in [2.45, 2.75) is 23.8 Å². The van der Waals surface area contributed by atoms with Crippen molar-refractivity contribution in [3.8, 4) is 0 Å². The van der Waals surface area contributed by atoms with E-state index in [2.05, 4.69) is 34.8 Å². The molecular weight excluding hydrogens is 239 g/mol. The second-order valence-corrected chi connectivity index (χ2v) is 4.18. The summed E-state index contributed by atoms with van der Waals surface area (Å²) in [5.74, 6) is 0.167. The Morgan fingerprint density at radius 3 is 1.17 bits per heavy atom. The van der Waals surface area contributed by atoms with Gasteiger partial charge in [0.25, 0.3) is 3.79 Å². The average Bonchev–Trinajstić information content (AvgIpc) is 1.55. The second kappa shape index (κ2) is 5.14. The van der Waals surface area contributed by atoms with Crippen molar-refractivity contribution in [3.63, 3.8) is 0 Å². The molecule has 0 rings (SSSR count). The molecule has 0 aliphatic rings. The van der Waals surface area contributed by atoms with Gasteiger partial charge in [-0.25, -0.2) is 0 Å². The molecule has 0 atom stereocenters. The first kappa shape index (κ1) is 14.8. The fraction of sp³-hybridized carbons (Fsp3) is 0.800. The van der Waals surface area contributed by atoms with Crippen molar-refractivity contribution in [1.29, 1.82) is 0 Å². The van der Waals surface area contributed by atoms with Gasteiger partial charge < -0.3 is 4.79 Å². The van der Waals surface area contributed by atoms with Gasteiger partial charge in [0.2, 0.25) is 0 Å². The van der Waals surface area contributed by atoms with Gasteiger partial charge >= 0.3 is 6.18 Å². The van der Waals surface area contributed by atoms with Gasteiger partial charge in [0.1, 0.15) is 5.78 Å². The SMILES string of the molecule is CC(C)=O.FC(F)(F)C(Cl)(Cl)Cl. The lowest BCUT2D eigenvalue weighted by Gasteiger charge is -2.13. The van der Waals surface area contributed by atoms with Crippen LogP contribution in [0.15, 0.2) is 0 Å². The number of hydrogen-bond acceptors (Lipinski definition) is 1. The average molecular weight is 245 g/mol. The molecule has 0 bridgehead atoms. The van der Waals surface area contributed by atoms with E-state index in [1.807, 2.05) is 0 Å². The Labute approximate surface area is 82.8 Å². The molecule has 0 saturated heterocycles. The summed E-state index contributed by atoms with van der Waals surface area (Å²) < 4.78 is 30.4. The van der Waals surface area contributed by atoms with E-state index >= 15 is 0 Å². The molecule has 7 heteroatoms. The molecule has 0 saturated carbocycles. The predicted molar refractivity (Wildman–Crippen MR) is 42.7 cm³/mol. The van der Waals surface area contributed by atoms with E-state index in [0.717, 1.165) is 0 Å². The molecule has 0 aliphatic carbocycles. The Balaban J connectivity index is 0. The highest BCUT2D eigenvalue weighted by Gasteiger charge is 2.51. The molecular formula is C5H6Cl3F3O. The summed E-state index contributed by atoms with van der Waals surface area (Å²) in [5, 5.41) is 0. The number of Topliss-reactive ketones (excluding diaryl/α,β-unsaturated/α-hetero) is 1. The molecule has 0 unspecified atom stereocenters. The molecule has 0 fully saturated rings. The second-order valence-electron chi connectivity index (χ2n) is 1.90. The number of alkyl halides is 6. The van der Waals surface area contributed by atoms with Crippen LogP contribution in [0.25, 0.3) is 0 Å². The highest BCUT2D eigenvalue weighted by atomic mass is 35.6. The van der Waals surface area contributed by atoms with Gasteiger partial charge in [0.15, 0.2) is 0 Å². The molecule has 0 spiro atoms. The summed E-state index contributed by atoms with van der Waals surface area (Å²) in [5.41, 5.74) is 0. The number of carbonyl (C=O) groups is 1. The molecule has 12 heavy (non-hydrogen) atoms. The maximum atomic E-state index is 11.2. The van der Waals surface area contributed by atoms with Gasteiger partial charge in [-0.1, -0.05) is 34.8 Å². The molecule has 0 aliphatic heterocycles. The molecule has 0 radical (unpaired) electrons. The Hall–Kier alpha value is 0.330. The van der Waals surface area contributed by atoms with Crippen LogP contribution in [-0.2, 0) is 4.79 Å². The van der Waals surface area contributed by atoms with Gasteiger partial charge in [-0.3, -0.25) is 0 Å². The highest BCUT2D eigenvalue weighted by molar-refractivity contribution is 6.68. The van der Waals surface area contributed by atoms with Crippen molar-refractivity contribution in [2.75, 3.05) is 0 Å². The first-order valence-electron chi connectivity index (χ1n) is 2.59. The van der Waals surface area contributed by atoms with Crippen LogP contribution in [0, 0.1) is 0 Å². The van der Waals surface area contributed by atoms with Gasteiger partial charge in [-0.15, -0.1) is 0 Å². The monoisotopic (exact) mass is 244 g/mol. The smallest absolute Gasteiger partial charge is 0.300 e. The number of rotatable bonds is 0. The van der Waals surface area contributed by atoms with Crippen LogP contribution >= 0.6 is 34.8 Å². The summed E-state index contributed by atoms with van der Waals surface area (Å²) in [6.07, 6.45) is -4.77.